The summed E-state index contributed by atoms with van der Waals surface area (Å²) in [5, 5.41) is 3.34. The number of hydrogen-bond acceptors (Lipinski definition) is 3. The Morgan fingerprint density at radius 2 is 2.04 bits per heavy atom. The van der Waals surface area contributed by atoms with Crippen LogP contribution in [-0.2, 0) is 24.8 Å². The Morgan fingerprint density at radius 3 is 2.88 bits per heavy atom. The average molecular weight is 368 g/mol. The molecule has 1 aromatic carbocycles. The summed E-state index contributed by atoms with van der Waals surface area (Å²) in [7, 11) is 2.08. The lowest BCUT2D eigenvalue weighted by Crippen LogP contribution is -2.35. The number of fused-ring (bicyclic) bond motifs is 1. The summed E-state index contributed by atoms with van der Waals surface area (Å²) in [5.41, 5.74) is 2.62. The number of thiophene rings is 1. The van der Waals surface area contributed by atoms with Gasteiger partial charge < -0.3 is 9.47 Å². The average Bonchev–Trinajstić information content (AvgIpc) is 3.20. The highest BCUT2D eigenvalue weighted by molar-refractivity contribution is 7.10. The molecule has 0 atom stereocenters. The number of aryl methyl sites for hydroxylation is 1. The molecular formula is C21H25N3OS. The van der Waals surface area contributed by atoms with Crippen molar-refractivity contribution < 1.29 is 4.79 Å². The first-order valence-electron chi connectivity index (χ1n) is 9.25. The van der Waals surface area contributed by atoms with Crippen LogP contribution in [0.25, 0.3) is 10.9 Å². The molecule has 4 rings (SSSR count). The van der Waals surface area contributed by atoms with Crippen molar-refractivity contribution >= 4 is 28.1 Å². The van der Waals surface area contributed by atoms with Crippen LogP contribution in [0.3, 0.4) is 0 Å². The quantitative estimate of drug-likeness (QED) is 0.706. The van der Waals surface area contributed by atoms with Crippen molar-refractivity contribution in [3.63, 3.8) is 0 Å². The van der Waals surface area contributed by atoms with E-state index in [2.05, 4.69) is 47.0 Å². The molecule has 26 heavy (non-hydrogen) atoms. The highest BCUT2D eigenvalue weighted by Crippen LogP contribution is 2.19. The SMILES string of the molecule is Cn1ccc2cc(CN3CCCN(C(=O)Cc4cccs4)CC3)ccc21. The van der Waals surface area contributed by atoms with E-state index in [9.17, 15) is 4.79 Å². The molecule has 0 bridgehead atoms. The molecule has 0 spiro atoms. The molecule has 5 heteroatoms. The molecule has 1 aliphatic heterocycles. The first-order valence-corrected chi connectivity index (χ1v) is 10.1. The summed E-state index contributed by atoms with van der Waals surface area (Å²) in [6.07, 6.45) is 3.70. The van der Waals surface area contributed by atoms with Gasteiger partial charge in [0.2, 0.25) is 5.91 Å². The van der Waals surface area contributed by atoms with E-state index in [-0.39, 0.29) is 5.91 Å². The van der Waals surface area contributed by atoms with Gasteiger partial charge in [-0.05, 0) is 47.0 Å². The van der Waals surface area contributed by atoms with Crippen molar-refractivity contribution in [3.05, 3.63) is 58.4 Å². The molecule has 0 saturated carbocycles. The third kappa shape index (κ3) is 3.84. The van der Waals surface area contributed by atoms with Gasteiger partial charge in [0, 0.05) is 56.4 Å². The van der Waals surface area contributed by atoms with Gasteiger partial charge in [-0.3, -0.25) is 9.69 Å². The van der Waals surface area contributed by atoms with Gasteiger partial charge in [0.1, 0.15) is 0 Å². The normalized spacial score (nSPS) is 16.1. The maximum Gasteiger partial charge on any atom is 0.227 e. The van der Waals surface area contributed by atoms with Crippen LogP contribution in [0.1, 0.15) is 16.9 Å². The predicted octanol–water partition coefficient (Wildman–Crippen LogP) is 3.52. The Hall–Kier alpha value is -2.11. The highest BCUT2D eigenvalue weighted by Gasteiger charge is 2.19. The highest BCUT2D eigenvalue weighted by atomic mass is 32.1. The Kier molecular flexibility index (Phi) is 5.09. The van der Waals surface area contributed by atoms with Crippen molar-refractivity contribution in [3.8, 4) is 0 Å². The number of carbonyl (C=O) groups excluding carboxylic acids is 1. The van der Waals surface area contributed by atoms with E-state index in [4.69, 9.17) is 0 Å². The second kappa shape index (κ2) is 7.64. The molecule has 1 aliphatic rings. The monoisotopic (exact) mass is 367 g/mol. The summed E-state index contributed by atoms with van der Waals surface area (Å²) in [6.45, 7) is 4.66. The minimum absolute atomic E-state index is 0.264. The van der Waals surface area contributed by atoms with Crippen LogP contribution in [0, 0.1) is 0 Å². The summed E-state index contributed by atoms with van der Waals surface area (Å²) < 4.78 is 2.15. The van der Waals surface area contributed by atoms with Crippen molar-refractivity contribution in [1.29, 1.82) is 0 Å². The fourth-order valence-electron chi connectivity index (χ4n) is 3.74. The second-order valence-corrected chi connectivity index (χ2v) is 8.12. The standard InChI is InChI=1S/C21H25N3OS/c1-22-10-7-18-14-17(5-6-20(18)22)16-23-8-3-9-24(12-11-23)21(25)15-19-4-2-13-26-19/h2,4-7,10,13-14H,3,8-9,11-12,15-16H2,1H3. The smallest absolute Gasteiger partial charge is 0.227 e. The molecule has 1 fully saturated rings. The van der Waals surface area contributed by atoms with Gasteiger partial charge in [-0.1, -0.05) is 12.1 Å². The number of nitrogens with zero attached hydrogens (tertiary/aromatic N) is 3. The van der Waals surface area contributed by atoms with E-state index in [0.29, 0.717) is 6.42 Å². The summed E-state index contributed by atoms with van der Waals surface area (Å²) in [5.74, 6) is 0.264. The maximum atomic E-state index is 12.5. The molecule has 1 saturated heterocycles. The predicted molar refractivity (Wildman–Crippen MR) is 107 cm³/mol. The van der Waals surface area contributed by atoms with Gasteiger partial charge in [-0.15, -0.1) is 11.3 Å². The molecule has 0 N–H and O–H groups in total. The molecule has 0 unspecified atom stereocenters. The third-order valence-corrected chi connectivity index (χ3v) is 6.08. The molecular weight excluding hydrogens is 342 g/mol. The van der Waals surface area contributed by atoms with E-state index in [1.165, 1.54) is 16.5 Å². The van der Waals surface area contributed by atoms with Crippen molar-refractivity contribution in [2.45, 2.75) is 19.4 Å². The lowest BCUT2D eigenvalue weighted by Gasteiger charge is -2.22. The first-order chi connectivity index (χ1) is 12.7. The fourth-order valence-corrected chi connectivity index (χ4v) is 4.44. The number of benzene rings is 1. The summed E-state index contributed by atoms with van der Waals surface area (Å²) in [4.78, 5) is 18.2. The second-order valence-electron chi connectivity index (χ2n) is 7.09. The van der Waals surface area contributed by atoms with E-state index in [0.717, 1.165) is 44.0 Å². The zero-order valence-electron chi connectivity index (χ0n) is 15.2. The van der Waals surface area contributed by atoms with Crippen molar-refractivity contribution in [2.75, 3.05) is 26.2 Å². The van der Waals surface area contributed by atoms with Crippen LogP contribution >= 0.6 is 11.3 Å². The Bertz CT molecular complexity index is 884. The van der Waals surface area contributed by atoms with Gasteiger partial charge in [-0.25, -0.2) is 0 Å². The molecule has 136 valence electrons. The Labute approximate surface area is 158 Å². The molecule has 2 aromatic heterocycles. The minimum Gasteiger partial charge on any atom is -0.351 e. The number of hydrogen-bond donors (Lipinski definition) is 0. The lowest BCUT2D eigenvalue weighted by atomic mass is 10.1. The van der Waals surface area contributed by atoms with Crippen LogP contribution in [-0.4, -0.2) is 46.5 Å². The molecule has 3 aromatic rings. The third-order valence-electron chi connectivity index (χ3n) is 5.20. The van der Waals surface area contributed by atoms with E-state index in [1.54, 1.807) is 11.3 Å². The molecule has 1 amide bonds. The number of aromatic nitrogens is 1. The zero-order valence-corrected chi connectivity index (χ0v) is 16.0. The Balaban J connectivity index is 1.36. The van der Waals surface area contributed by atoms with Crippen LogP contribution in [0.5, 0.6) is 0 Å². The van der Waals surface area contributed by atoms with Gasteiger partial charge in [-0.2, -0.15) is 0 Å². The van der Waals surface area contributed by atoms with Crippen LogP contribution < -0.4 is 0 Å². The molecule has 0 radical (unpaired) electrons. The number of amides is 1. The topological polar surface area (TPSA) is 28.5 Å². The van der Waals surface area contributed by atoms with E-state index >= 15 is 0 Å². The molecule has 0 aliphatic carbocycles. The summed E-state index contributed by atoms with van der Waals surface area (Å²) >= 11 is 1.67. The van der Waals surface area contributed by atoms with Crippen LogP contribution in [0.15, 0.2) is 48.0 Å². The molecule has 3 heterocycles. The van der Waals surface area contributed by atoms with E-state index in [1.807, 2.05) is 22.4 Å². The number of rotatable bonds is 4. The zero-order chi connectivity index (χ0) is 17.9. The van der Waals surface area contributed by atoms with Gasteiger partial charge in [0.25, 0.3) is 0 Å². The number of carbonyl (C=O) groups is 1. The lowest BCUT2D eigenvalue weighted by molar-refractivity contribution is -0.130. The van der Waals surface area contributed by atoms with Gasteiger partial charge in [0.05, 0.1) is 6.42 Å². The Morgan fingerprint density at radius 1 is 1.12 bits per heavy atom. The first kappa shape index (κ1) is 17.3. The summed E-state index contributed by atoms with van der Waals surface area (Å²) in [6, 6.07) is 13.0. The fraction of sp³-hybridized carbons (Fsp3) is 0.381. The van der Waals surface area contributed by atoms with Crippen LogP contribution in [0.4, 0.5) is 0 Å². The van der Waals surface area contributed by atoms with Crippen LogP contribution in [0.2, 0.25) is 0 Å². The minimum atomic E-state index is 0.264. The van der Waals surface area contributed by atoms with Crippen molar-refractivity contribution in [1.82, 2.24) is 14.4 Å². The van der Waals surface area contributed by atoms with Gasteiger partial charge >= 0.3 is 0 Å². The largest absolute Gasteiger partial charge is 0.351 e. The van der Waals surface area contributed by atoms with E-state index < -0.39 is 0 Å². The maximum absolute atomic E-state index is 12.5. The molecule has 4 nitrogen and oxygen atoms in total. The van der Waals surface area contributed by atoms with Gasteiger partial charge in [0.15, 0.2) is 0 Å². The van der Waals surface area contributed by atoms with Crippen molar-refractivity contribution in [2.24, 2.45) is 7.05 Å².